The molecular formula is C17H17N4OS+. The van der Waals surface area contributed by atoms with Crippen LogP contribution in [0.15, 0.2) is 30.3 Å². The number of benzene rings is 1. The van der Waals surface area contributed by atoms with Crippen molar-refractivity contribution in [3.05, 3.63) is 35.9 Å². The fraction of sp³-hybridized carbons (Fsp3) is 0.471. The van der Waals surface area contributed by atoms with Crippen LogP contribution in [0.25, 0.3) is 0 Å². The summed E-state index contributed by atoms with van der Waals surface area (Å²) in [6.07, 6.45) is 0.645. The third-order valence-electron chi connectivity index (χ3n) is 5.80. The molecule has 23 heavy (non-hydrogen) atoms. The number of nitriles is 2. The molecule has 6 heteroatoms. The highest BCUT2D eigenvalue weighted by Crippen LogP contribution is 2.85. The van der Waals surface area contributed by atoms with Gasteiger partial charge >= 0.3 is 0 Å². The second-order valence-electron chi connectivity index (χ2n) is 6.20. The van der Waals surface area contributed by atoms with Gasteiger partial charge in [0.2, 0.25) is 0 Å². The fourth-order valence-electron chi connectivity index (χ4n) is 5.04. The molecule has 0 amide bonds. The van der Waals surface area contributed by atoms with Crippen LogP contribution in [0.3, 0.4) is 0 Å². The van der Waals surface area contributed by atoms with Crippen LogP contribution in [0.1, 0.15) is 18.9 Å². The number of hydrogen-bond donors (Lipinski definition) is 2. The van der Waals surface area contributed by atoms with Gasteiger partial charge in [-0.15, -0.1) is 0 Å². The largest absolute Gasteiger partial charge is 0.327 e. The van der Waals surface area contributed by atoms with E-state index >= 15 is 0 Å². The Labute approximate surface area is 139 Å². The van der Waals surface area contributed by atoms with Crippen LogP contribution in [0.5, 0.6) is 0 Å². The lowest BCUT2D eigenvalue weighted by Gasteiger charge is -2.29. The Bertz CT molecular complexity index is 789. The van der Waals surface area contributed by atoms with E-state index in [9.17, 15) is 10.5 Å². The Balaban J connectivity index is 2.05. The third-order valence-corrected chi connectivity index (χ3v) is 7.11. The molecule has 4 atom stereocenters. The molecule has 1 aromatic rings. The summed E-state index contributed by atoms with van der Waals surface area (Å²) >= 11 is 1.55. The summed E-state index contributed by atoms with van der Waals surface area (Å²) in [6, 6.07) is 14.7. The van der Waals surface area contributed by atoms with Crippen molar-refractivity contribution in [3.8, 4) is 12.1 Å². The van der Waals surface area contributed by atoms with Gasteiger partial charge in [-0.3, -0.25) is 5.73 Å². The van der Waals surface area contributed by atoms with Gasteiger partial charge in [0.15, 0.2) is 10.8 Å². The van der Waals surface area contributed by atoms with E-state index in [1.807, 2.05) is 37.3 Å². The Morgan fingerprint density at radius 2 is 2.04 bits per heavy atom. The quantitative estimate of drug-likeness (QED) is 0.812. The number of nitrogens with zero attached hydrogens (tertiary/aromatic N) is 2. The van der Waals surface area contributed by atoms with E-state index in [1.165, 1.54) is 0 Å². The highest BCUT2D eigenvalue weighted by atomic mass is 32.2. The highest BCUT2D eigenvalue weighted by molar-refractivity contribution is 8.00. The number of thioether (sulfide) groups is 1. The van der Waals surface area contributed by atoms with Gasteiger partial charge in [0.05, 0.1) is 24.2 Å². The summed E-state index contributed by atoms with van der Waals surface area (Å²) < 4.78 is 6.00. The minimum absolute atomic E-state index is 0.363. The van der Waals surface area contributed by atoms with Crippen molar-refractivity contribution in [2.24, 2.45) is 16.6 Å². The molecule has 0 unspecified atom stereocenters. The molecule has 3 aliphatic rings. The van der Waals surface area contributed by atoms with Gasteiger partial charge in [-0.05, 0) is 12.0 Å². The van der Waals surface area contributed by atoms with Crippen molar-refractivity contribution in [2.45, 2.75) is 23.8 Å². The number of nitrogens with two attached hydrogens (primary N) is 1. The van der Waals surface area contributed by atoms with Crippen molar-refractivity contribution in [3.63, 3.8) is 0 Å². The SMILES string of the molecule is CC[C@@]1(c2ccccc2)[C@]2(C#N)C(N)=[NH+][C@@]3(OCCS3)[C@@]21C#N. The lowest BCUT2D eigenvalue weighted by Crippen LogP contribution is -2.88. The minimum atomic E-state index is -1.07. The van der Waals surface area contributed by atoms with E-state index in [1.54, 1.807) is 11.8 Å². The number of nitrogens with one attached hydrogen (secondary N) is 1. The van der Waals surface area contributed by atoms with Crippen molar-refractivity contribution < 1.29 is 9.73 Å². The van der Waals surface area contributed by atoms with Crippen LogP contribution in [-0.2, 0) is 10.2 Å². The standard InChI is InChI=1S/C17H16N4OS/c1-2-14(12-6-4-3-5-7-12)15(10-18)13(20)21-17(16(14,15)11-19)22-8-9-23-17/h3-7H,2,8-9H2,1H3,(H2,20,21)/p+1/t14-,15+,16-,17-/m1/s1. The first kappa shape index (κ1) is 14.6. The maximum absolute atomic E-state index is 10.2. The maximum Gasteiger partial charge on any atom is 0.278 e. The van der Waals surface area contributed by atoms with Crippen LogP contribution >= 0.6 is 11.8 Å². The molecule has 1 spiro atoms. The molecule has 0 radical (unpaired) electrons. The zero-order valence-corrected chi connectivity index (χ0v) is 13.6. The van der Waals surface area contributed by atoms with E-state index in [0.717, 1.165) is 11.3 Å². The fourth-order valence-corrected chi connectivity index (χ4v) is 6.43. The molecule has 1 aliphatic carbocycles. The van der Waals surface area contributed by atoms with E-state index in [2.05, 4.69) is 17.1 Å². The van der Waals surface area contributed by atoms with Crippen LogP contribution in [0.4, 0.5) is 0 Å². The molecule has 116 valence electrons. The molecular weight excluding hydrogens is 308 g/mol. The van der Waals surface area contributed by atoms with Crippen LogP contribution in [0.2, 0.25) is 0 Å². The Morgan fingerprint density at radius 1 is 1.30 bits per heavy atom. The monoisotopic (exact) mass is 325 g/mol. The molecule has 2 heterocycles. The summed E-state index contributed by atoms with van der Waals surface area (Å²) in [7, 11) is 0. The third kappa shape index (κ3) is 1.15. The van der Waals surface area contributed by atoms with Gasteiger partial charge in [-0.25, -0.2) is 4.99 Å². The van der Waals surface area contributed by atoms with Gasteiger partial charge in [-0.1, -0.05) is 49.0 Å². The molecule has 4 rings (SSSR count). The van der Waals surface area contributed by atoms with Crippen LogP contribution in [-0.4, -0.2) is 23.3 Å². The average molecular weight is 325 g/mol. The molecule has 0 aromatic heterocycles. The van der Waals surface area contributed by atoms with E-state index < -0.39 is 21.3 Å². The maximum atomic E-state index is 10.2. The van der Waals surface area contributed by atoms with E-state index in [-0.39, 0.29) is 0 Å². The minimum Gasteiger partial charge on any atom is -0.327 e. The first-order chi connectivity index (χ1) is 11.1. The van der Waals surface area contributed by atoms with Crippen molar-refractivity contribution >= 4 is 17.6 Å². The molecule has 3 N–H and O–H groups in total. The summed E-state index contributed by atoms with van der Waals surface area (Å²) in [5.41, 5.74) is 4.54. The molecule has 2 aliphatic heterocycles. The highest BCUT2D eigenvalue weighted by Gasteiger charge is 3.03. The number of fused-ring (bicyclic) bond motifs is 2. The Kier molecular flexibility index (Phi) is 2.71. The normalized spacial score (nSPS) is 43.5. The van der Waals surface area contributed by atoms with Crippen LogP contribution in [0, 0.1) is 33.5 Å². The molecule has 2 fully saturated rings. The first-order valence-electron chi connectivity index (χ1n) is 7.69. The number of amidine groups is 1. The number of hydrogen-bond acceptors (Lipinski definition) is 5. The zero-order valence-electron chi connectivity index (χ0n) is 12.8. The molecule has 0 bridgehead atoms. The molecule has 5 nitrogen and oxygen atoms in total. The predicted molar refractivity (Wildman–Crippen MR) is 85.8 cm³/mol. The van der Waals surface area contributed by atoms with Gasteiger partial charge in [0.25, 0.3) is 10.9 Å². The topological polar surface area (TPSA) is 96.8 Å². The Hall–Kier alpha value is -2.02. The van der Waals surface area contributed by atoms with Gasteiger partial charge in [0.1, 0.15) is 0 Å². The number of ether oxygens (including phenoxy) is 1. The van der Waals surface area contributed by atoms with Crippen LogP contribution < -0.4 is 10.7 Å². The Morgan fingerprint density at radius 3 is 2.57 bits per heavy atom. The second kappa shape index (κ2) is 4.29. The van der Waals surface area contributed by atoms with E-state index in [0.29, 0.717) is 18.9 Å². The first-order valence-corrected chi connectivity index (χ1v) is 8.68. The van der Waals surface area contributed by atoms with Crippen molar-refractivity contribution in [2.75, 3.05) is 12.4 Å². The van der Waals surface area contributed by atoms with Gasteiger partial charge in [0, 0.05) is 5.75 Å². The smallest absolute Gasteiger partial charge is 0.278 e. The molecule has 1 aromatic carbocycles. The summed E-state index contributed by atoms with van der Waals surface area (Å²) in [5.74, 6) is 1.14. The van der Waals surface area contributed by atoms with Crippen molar-refractivity contribution in [1.29, 1.82) is 10.5 Å². The van der Waals surface area contributed by atoms with Gasteiger partial charge < -0.3 is 4.74 Å². The summed E-state index contributed by atoms with van der Waals surface area (Å²) in [5, 5.41) is 19.4. The molecule has 1 saturated carbocycles. The number of rotatable bonds is 2. The lowest BCUT2D eigenvalue weighted by atomic mass is 9.81. The second-order valence-corrected chi connectivity index (χ2v) is 7.47. The van der Waals surface area contributed by atoms with E-state index in [4.69, 9.17) is 10.5 Å². The van der Waals surface area contributed by atoms with Gasteiger partial charge in [-0.2, -0.15) is 10.5 Å². The lowest BCUT2D eigenvalue weighted by molar-refractivity contribution is -0.584. The van der Waals surface area contributed by atoms with Crippen molar-refractivity contribution in [1.82, 2.24) is 0 Å². The predicted octanol–water partition coefficient (Wildman–Crippen LogP) is 0.237. The molecule has 1 saturated heterocycles. The summed E-state index contributed by atoms with van der Waals surface area (Å²) in [4.78, 5) is 3.16. The summed E-state index contributed by atoms with van der Waals surface area (Å²) in [6.45, 7) is 2.56. The zero-order chi connectivity index (χ0) is 16.3. The average Bonchev–Trinajstić information content (AvgIpc) is 2.80.